The number of fused-ring (bicyclic) bond motifs is 1. The molecule has 0 spiro atoms. The summed E-state index contributed by atoms with van der Waals surface area (Å²) in [4.78, 5) is 17.0. The Balaban J connectivity index is 1.60. The van der Waals surface area contributed by atoms with Crippen LogP contribution in [-0.4, -0.2) is 39.4 Å². The number of aromatic nitrogens is 1. The van der Waals surface area contributed by atoms with Crippen LogP contribution >= 0.6 is 11.3 Å². The van der Waals surface area contributed by atoms with Crippen LogP contribution in [0, 0.1) is 0 Å². The topological polar surface area (TPSA) is 88.1 Å². The summed E-state index contributed by atoms with van der Waals surface area (Å²) in [5.74, 6) is 1.62. The van der Waals surface area contributed by atoms with Crippen molar-refractivity contribution in [3.8, 4) is 34.3 Å². The largest absolute Gasteiger partial charge is 0.493 e. The minimum atomic E-state index is -0.670. The number of cyclic esters (lactones) is 1. The number of benzene rings is 2. The number of esters is 1. The molecule has 0 radical (unpaired) electrons. The number of carbonyl (C=O) groups excluding carboxylic acids is 1. The van der Waals surface area contributed by atoms with Crippen molar-refractivity contribution >= 4 is 22.4 Å². The van der Waals surface area contributed by atoms with Gasteiger partial charge in [0, 0.05) is 16.5 Å². The quantitative estimate of drug-likeness (QED) is 0.562. The zero-order valence-corrected chi connectivity index (χ0v) is 17.7. The zero-order chi connectivity index (χ0) is 21.3. The van der Waals surface area contributed by atoms with E-state index in [1.54, 1.807) is 26.4 Å². The maximum atomic E-state index is 12.4. The Kier molecular flexibility index (Phi) is 5.37. The molecule has 3 aromatic rings. The Morgan fingerprint density at radius 1 is 0.967 bits per heavy atom. The van der Waals surface area contributed by atoms with E-state index in [0.717, 1.165) is 11.3 Å². The van der Waals surface area contributed by atoms with Crippen LogP contribution in [0.3, 0.4) is 0 Å². The molecule has 1 aromatic heterocycles. The van der Waals surface area contributed by atoms with Crippen molar-refractivity contribution in [1.29, 1.82) is 0 Å². The number of methoxy groups -OCH3 is 4. The number of hydrogen-bond acceptors (Lipinski definition) is 9. The van der Waals surface area contributed by atoms with Gasteiger partial charge in [-0.25, -0.2) is 9.78 Å². The molecule has 0 aliphatic carbocycles. The van der Waals surface area contributed by atoms with Crippen LogP contribution in [0.15, 0.2) is 35.7 Å². The van der Waals surface area contributed by atoms with Gasteiger partial charge in [0.2, 0.25) is 6.23 Å². The molecule has 0 saturated carbocycles. The van der Waals surface area contributed by atoms with Crippen molar-refractivity contribution in [2.24, 2.45) is 0 Å². The van der Waals surface area contributed by atoms with E-state index in [9.17, 15) is 4.79 Å². The lowest BCUT2D eigenvalue weighted by atomic mass is 10.1. The molecule has 1 N–H and O–H groups in total. The number of anilines is 1. The minimum absolute atomic E-state index is 0.353. The second kappa shape index (κ2) is 8.11. The average Bonchev–Trinajstić information content (AvgIpc) is 3.37. The summed E-state index contributed by atoms with van der Waals surface area (Å²) in [6.45, 7) is 0. The highest BCUT2D eigenvalue weighted by Gasteiger charge is 2.36. The second-order valence-electron chi connectivity index (χ2n) is 6.30. The lowest BCUT2D eigenvalue weighted by molar-refractivity contribution is 0.0435. The Labute approximate surface area is 177 Å². The van der Waals surface area contributed by atoms with Gasteiger partial charge in [-0.3, -0.25) is 0 Å². The third-order valence-corrected chi connectivity index (χ3v) is 5.50. The van der Waals surface area contributed by atoms with Gasteiger partial charge in [-0.05, 0) is 30.3 Å². The molecule has 1 aliphatic heterocycles. The van der Waals surface area contributed by atoms with Gasteiger partial charge in [-0.2, -0.15) is 0 Å². The summed E-state index contributed by atoms with van der Waals surface area (Å²) in [5.41, 5.74) is 2.67. The fourth-order valence-corrected chi connectivity index (χ4v) is 4.03. The number of nitrogens with one attached hydrogen (secondary N) is 1. The van der Waals surface area contributed by atoms with E-state index in [-0.39, 0.29) is 0 Å². The number of carbonyl (C=O) groups is 1. The van der Waals surface area contributed by atoms with Gasteiger partial charge < -0.3 is 29.0 Å². The van der Waals surface area contributed by atoms with Crippen molar-refractivity contribution < 1.29 is 28.5 Å². The molecule has 0 unspecified atom stereocenters. The van der Waals surface area contributed by atoms with Crippen molar-refractivity contribution in [2.45, 2.75) is 6.23 Å². The van der Waals surface area contributed by atoms with Crippen LogP contribution in [0.1, 0.15) is 22.1 Å². The smallest absolute Gasteiger partial charge is 0.344 e. The summed E-state index contributed by atoms with van der Waals surface area (Å²) in [6.07, 6.45) is -0.670. The van der Waals surface area contributed by atoms with Crippen LogP contribution in [0.4, 0.5) is 5.13 Å². The standard InChI is InChI=1S/C21H20N2O6S/c1-25-14-7-5-11(9-16(14)27-3)13-10-30-21(22-13)23-19-12-6-8-15(26-2)18(28-4)17(12)20(24)29-19/h5-10,19H,1-4H3,(H,22,23)/t19-/m1/s1. The molecule has 9 heteroatoms. The number of rotatable bonds is 7. The highest BCUT2D eigenvalue weighted by atomic mass is 32.1. The van der Waals surface area contributed by atoms with E-state index in [1.165, 1.54) is 25.6 Å². The SMILES string of the molecule is COc1ccc(-c2csc(N[C@@H]3OC(=O)c4c3ccc(OC)c4OC)n2)cc1OC. The predicted octanol–water partition coefficient (Wildman–Crippen LogP) is 4.13. The van der Waals surface area contributed by atoms with Crippen molar-refractivity contribution in [2.75, 3.05) is 33.8 Å². The molecular weight excluding hydrogens is 408 g/mol. The molecule has 0 fully saturated rings. The minimum Gasteiger partial charge on any atom is -0.493 e. The van der Waals surface area contributed by atoms with E-state index in [0.29, 0.717) is 39.3 Å². The molecule has 30 heavy (non-hydrogen) atoms. The van der Waals surface area contributed by atoms with Crippen LogP contribution in [0.5, 0.6) is 23.0 Å². The van der Waals surface area contributed by atoms with E-state index >= 15 is 0 Å². The summed E-state index contributed by atoms with van der Waals surface area (Å²) in [6, 6.07) is 9.12. The Bertz CT molecular complexity index is 1100. The van der Waals surface area contributed by atoms with Crippen molar-refractivity contribution in [3.05, 3.63) is 46.8 Å². The summed E-state index contributed by atoms with van der Waals surface area (Å²) in [5, 5.41) is 5.69. The second-order valence-corrected chi connectivity index (χ2v) is 7.16. The van der Waals surface area contributed by atoms with E-state index in [1.807, 2.05) is 23.6 Å². The number of thiazole rings is 1. The highest BCUT2D eigenvalue weighted by molar-refractivity contribution is 7.14. The number of nitrogens with zero attached hydrogens (tertiary/aromatic N) is 1. The molecule has 2 aromatic carbocycles. The highest BCUT2D eigenvalue weighted by Crippen LogP contribution is 2.42. The molecule has 0 amide bonds. The molecular formula is C21H20N2O6S. The van der Waals surface area contributed by atoms with Crippen LogP contribution in [-0.2, 0) is 4.74 Å². The molecule has 1 aliphatic rings. The van der Waals surface area contributed by atoms with Crippen LogP contribution < -0.4 is 24.3 Å². The molecule has 8 nitrogen and oxygen atoms in total. The summed E-state index contributed by atoms with van der Waals surface area (Å²) >= 11 is 1.41. The van der Waals surface area contributed by atoms with E-state index in [2.05, 4.69) is 10.3 Å². The Morgan fingerprint density at radius 2 is 1.70 bits per heavy atom. The maximum absolute atomic E-state index is 12.4. The van der Waals surface area contributed by atoms with Gasteiger partial charge in [0.15, 0.2) is 28.1 Å². The lowest BCUT2D eigenvalue weighted by Crippen LogP contribution is -2.10. The zero-order valence-electron chi connectivity index (χ0n) is 16.8. The van der Waals surface area contributed by atoms with Gasteiger partial charge in [-0.15, -0.1) is 11.3 Å². The molecule has 0 saturated heterocycles. The Hall–Kier alpha value is -3.46. The summed E-state index contributed by atoms with van der Waals surface area (Å²) in [7, 11) is 6.19. The molecule has 4 rings (SSSR count). The van der Waals surface area contributed by atoms with Gasteiger partial charge in [-0.1, -0.05) is 0 Å². The first-order valence-electron chi connectivity index (χ1n) is 9.00. The van der Waals surface area contributed by atoms with E-state index in [4.69, 9.17) is 23.7 Å². The first kappa shape index (κ1) is 19.8. The van der Waals surface area contributed by atoms with Gasteiger partial charge in [0.25, 0.3) is 0 Å². The fraction of sp³-hybridized carbons (Fsp3) is 0.238. The third kappa shape index (κ3) is 3.37. The average molecular weight is 428 g/mol. The summed E-state index contributed by atoms with van der Waals surface area (Å²) < 4.78 is 26.8. The first-order chi connectivity index (χ1) is 14.6. The Morgan fingerprint density at radius 3 is 2.40 bits per heavy atom. The number of hydrogen-bond donors (Lipinski definition) is 1. The normalized spacial score (nSPS) is 14.7. The fourth-order valence-electron chi connectivity index (χ4n) is 3.29. The van der Waals surface area contributed by atoms with Gasteiger partial charge in [0.05, 0.1) is 34.1 Å². The molecule has 1 atom stereocenters. The van der Waals surface area contributed by atoms with E-state index < -0.39 is 12.2 Å². The van der Waals surface area contributed by atoms with Gasteiger partial charge in [0.1, 0.15) is 5.56 Å². The van der Waals surface area contributed by atoms with Crippen LogP contribution in [0.25, 0.3) is 11.3 Å². The number of ether oxygens (including phenoxy) is 5. The molecule has 2 heterocycles. The maximum Gasteiger partial charge on any atom is 0.344 e. The molecule has 0 bridgehead atoms. The van der Waals surface area contributed by atoms with Crippen molar-refractivity contribution in [1.82, 2.24) is 4.98 Å². The monoisotopic (exact) mass is 428 g/mol. The predicted molar refractivity (Wildman–Crippen MR) is 112 cm³/mol. The molecule has 156 valence electrons. The van der Waals surface area contributed by atoms with Crippen molar-refractivity contribution in [3.63, 3.8) is 0 Å². The van der Waals surface area contributed by atoms with Crippen LogP contribution in [0.2, 0.25) is 0 Å². The third-order valence-electron chi connectivity index (χ3n) is 4.73. The van der Waals surface area contributed by atoms with Gasteiger partial charge >= 0.3 is 5.97 Å². The first-order valence-corrected chi connectivity index (χ1v) is 9.87. The lowest BCUT2D eigenvalue weighted by Gasteiger charge is -2.13.